The minimum Gasteiger partial charge on any atom is -0.460 e. The highest BCUT2D eigenvalue weighted by Crippen LogP contribution is 2.16. The molecule has 0 saturated carbocycles. The van der Waals surface area contributed by atoms with E-state index >= 15 is 0 Å². The Hall–Kier alpha value is -1.77. The van der Waals surface area contributed by atoms with Gasteiger partial charge in [0, 0.05) is 18.3 Å². The molecule has 18 heavy (non-hydrogen) atoms. The lowest BCUT2D eigenvalue weighted by Crippen LogP contribution is -2.24. The molecule has 1 heterocycles. The van der Waals surface area contributed by atoms with Gasteiger partial charge < -0.3 is 9.30 Å². The number of ether oxygens (including phenoxy) is 1. The highest BCUT2D eigenvalue weighted by Gasteiger charge is 2.16. The molecule has 0 unspecified atom stereocenters. The number of esters is 1. The van der Waals surface area contributed by atoms with Crippen LogP contribution in [0.2, 0.25) is 0 Å². The summed E-state index contributed by atoms with van der Waals surface area (Å²) in [7, 11) is 0. The molecule has 3 heteroatoms. The van der Waals surface area contributed by atoms with Crippen molar-refractivity contribution in [3.05, 3.63) is 36.5 Å². The molecule has 0 amide bonds. The monoisotopic (exact) mass is 245 g/mol. The van der Waals surface area contributed by atoms with Crippen molar-refractivity contribution >= 4 is 16.9 Å². The van der Waals surface area contributed by atoms with Crippen LogP contribution in [0.15, 0.2) is 36.5 Å². The number of fused-ring (bicyclic) bond motifs is 1. The van der Waals surface area contributed by atoms with E-state index in [1.165, 1.54) is 5.39 Å². The van der Waals surface area contributed by atoms with E-state index in [9.17, 15) is 4.79 Å². The molecular weight excluding hydrogens is 226 g/mol. The fourth-order valence-corrected chi connectivity index (χ4v) is 1.94. The maximum atomic E-state index is 11.7. The number of hydrogen-bond donors (Lipinski definition) is 0. The van der Waals surface area contributed by atoms with Crippen LogP contribution in [0, 0.1) is 0 Å². The fourth-order valence-electron chi connectivity index (χ4n) is 1.94. The number of carbonyl (C=O) groups excluding carboxylic acids is 1. The minimum absolute atomic E-state index is 0.153. The standard InChI is InChI=1S/C15H19NO2/c1-15(2,3)18-14(17)9-11-16-10-8-12-6-4-5-7-13(12)16/h4-8,10H,9,11H2,1-3H3. The van der Waals surface area contributed by atoms with Gasteiger partial charge >= 0.3 is 5.97 Å². The molecular formula is C15H19NO2. The maximum absolute atomic E-state index is 11.7. The van der Waals surface area contributed by atoms with Crippen molar-refractivity contribution in [3.8, 4) is 0 Å². The van der Waals surface area contributed by atoms with Crippen LogP contribution in [0.5, 0.6) is 0 Å². The molecule has 0 atom stereocenters. The van der Waals surface area contributed by atoms with E-state index in [-0.39, 0.29) is 5.97 Å². The zero-order valence-corrected chi connectivity index (χ0v) is 11.1. The molecule has 96 valence electrons. The lowest BCUT2D eigenvalue weighted by molar-refractivity contribution is -0.155. The summed E-state index contributed by atoms with van der Waals surface area (Å²) in [5, 5.41) is 1.20. The smallest absolute Gasteiger partial charge is 0.308 e. The van der Waals surface area contributed by atoms with Gasteiger partial charge in [0.2, 0.25) is 0 Å². The molecule has 1 aromatic carbocycles. The average Bonchev–Trinajstić information content (AvgIpc) is 2.67. The summed E-state index contributed by atoms with van der Waals surface area (Å²) in [4.78, 5) is 11.7. The predicted octanol–water partition coefficient (Wildman–Crippen LogP) is 3.37. The third-order valence-corrected chi connectivity index (χ3v) is 2.66. The molecule has 0 bridgehead atoms. The quantitative estimate of drug-likeness (QED) is 0.776. The van der Waals surface area contributed by atoms with Crippen LogP contribution < -0.4 is 0 Å². The summed E-state index contributed by atoms with van der Waals surface area (Å²) in [6.45, 7) is 6.31. The molecule has 1 aromatic heterocycles. The Morgan fingerprint density at radius 1 is 1.22 bits per heavy atom. The van der Waals surface area contributed by atoms with Gasteiger partial charge in [0.15, 0.2) is 0 Å². The maximum Gasteiger partial charge on any atom is 0.308 e. The largest absolute Gasteiger partial charge is 0.460 e. The summed E-state index contributed by atoms with van der Waals surface area (Å²) >= 11 is 0. The van der Waals surface area contributed by atoms with Gasteiger partial charge in [0.1, 0.15) is 5.60 Å². The fraction of sp³-hybridized carbons (Fsp3) is 0.400. The highest BCUT2D eigenvalue weighted by atomic mass is 16.6. The number of rotatable bonds is 3. The zero-order valence-electron chi connectivity index (χ0n) is 11.1. The van der Waals surface area contributed by atoms with E-state index in [4.69, 9.17) is 4.74 Å². The summed E-state index contributed by atoms with van der Waals surface area (Å²) < 4.78 is 7.38. The van der Waals surface area contributed by atoms with Gasteiger partial charge in [-0.15, -0.1) is 0 Å². The number of hydrogen-bond acceptors (Lipinski definition) is 2. The third-order valence-electron chi connectivity index (χ3n) is 2.66. The molecule has 0 aliphatic carbocycles. The highest BCUT2D eigenvalue weighted by molar-refractivity contribution is 5.80. The Morgan fingerprint density at radius 2 is 1.94 bits per heavy atom. The summed E-state index contributed by atoms with van der Waals surface area (Å²) in [6.07, 6.45) is 2.41. The van der Waals surface area contributed by atoms with Crippen molar-refractivity contribution in [2.24, 2.45) is 0 Å². The second-order valence-corrected chi connectivity index (χ2v) is 5.40. The zero-order chi connectivity index (χ0) is 13.2. The molecule has 0 N–H and O–H groups in total. The summed E-state index contributed by atoms with van der Waals surface area (Å²) in [5.74, 6) is -0.153. The third kappa shape index (κ3) is 3.13. The number of carbonyl (C=O) groups is 1. The first-order valence-corrected chi connectivity index (χ1v) is 6.21. The minimum atomic E-state index is -0.407. The second-order valence-electron chi connectivity index (χ2n) is 5.40. The van der Waals surface area contributed by atoms with Gasteiger partial charge in [0.25, 0.3) is 0 Å². The molecule has 2 rings (SSSR count). The van der Waals surface area contributed by atoms with Crippen LogP contribution in [-0.2, 0) is 16.1 Å². The van der Waals surface area contributed by atoms with Gasteiger partial charge in [-0.2, -0.15) is 0 Å². The molecule has 2 aromatic rings. The molecule has 0 spiro atoms. The Balaban J connectivity index is 2.00. The Bertz CT molecular complexity index is 549. The Morgan fingerprint density at radius 3 is 2.67 bits per heavy atom. The number of aromatic nitrogens is 1. The van der Waals surface area contributed by atoms with E-state index in [2.05, 4.69) is 22.8 Å². The second kappa shape index (κ2) is 4.84. The molecule has 3 nitrogen and oxygen atoms in total. The van der Waals surface area contributed by atoms with E-state index in [1.54, 1.807) is 0 Å². The summed E-state index contributed by atoms with van der Waals surface area (Å²) in [6, 6.07) is 10.2. The molecule has 0 aliphatic heterocycles. The van der Waals surface area contributed by atoms with Gasteiger partial charge in [-0.3, -0.25) is 4.79 Å². The van der Waals surface area contributed by atoms with Crippen LogP contribution in [0.25, 0.3) is 10.9 Å². The molecule has 0 aliphatic rings. The normalized spacial score (nSPS) is 11.7. The number of benzene rings is 1. The first-order valence-electron chi connectivity index (χ1n) is 6.21. The van der Waals surface area contributed by atoms with Gasteiger partial charge in [-0.1, -0.05) is 18.2 Å². The van der Waals surface area contributed by atoms with Gasteiger partial charge in [0.05, 0.1) is 6.42 Å². The number of aryl methyl sites for hydroxylation is 1. The van der Waals surface area contributed by atoms with Crippen LogP contribution >= 0.6 is 0 Å². The van der Waals surface area contributed by atoms with Crippen LogP contribution in [0.3, 0.4) is 0 Å². The van der Waals surface area contributed by atoms with Crippen LogP contribution in [-0.4, -0.2) is 16.1 Å². The van der Waals surface area contributed by atoms with Crippen LogP contribution in [0.1, 0.15) is 27.2 Å². The summed E-state index contributed by atoms with van der Waals surface area (Å²) in [5.41, 5.74) is 0.747. The Labute approximate surface area is 107 Å². The van der Waals surface area contributed by atoms with Crippen molar-refractivity contribution in [3.63, 3.8) is 0 Å². The molecule has 0 radical (unpaired) electrons. The van der Waals surface area contributed by atoms with Crippen molar-refractivity contribution in [1.82, 2.24) is 4.57 Å². The van der Waals surface area contributed by atoms with E-state index in [0.717, 1.165) is 5.52 Å². The van der Waals surface area contributed by atoms with Crippen LogP contribution in [0.4, 0.5) is 0 Å². The predicted molar refractivity (Wildman–Crippen MR) is 72.4 cm³/mol. The molecule has 0 saturated heterocycles. The van der Waals surface area contributed by atoms with Crippen molar-refractivity contribution in [2.45, 2.75) is 39.3 Å². The Kier molecular flexibility index (Phi) is 3.41. The number of nitrogens with zero attached hydrogens (tertiary/aromatic N) is 1. The first-order chi connectivity index (χ1) is 8.46. The van der Waals surface area contributed by atoms with Gasteiger partial charge in [-0.05, 0) is 38.3 Å². The topological polar surface area (TPSA) is 31.2 Å². The number of para-hydroxylation sites is 1. The molecule has 0 fully saturated rings. The van der Waals surface area contributed by atoms with E-state index in [1.807, 2.05) is 39.1 Å². The van der Waals surface area contributed by atoms with E-state index < -0.39 is 5.60 Å². The lowest BCUT2D eigenvalue weighted by Gasteiger charge is -2.19. The first kappa shape index (κ1) is 12.7. The van der Waals surface area contributed by atoms with Crippen molar-refractivity contribution in [1.29, 1.82) is 0 Å². The van der Waals surface area contributed by atoms with Crippen molar-refractivity contribution in [2.75, 3.05) is 0 Å². The van der Waals surface area contributed by atoms with Crippen molar-refractivity contribution < 1.29 is 9.53 Å². The SMILES string of the molecule is CC(C)(C)OC(=O)CCn1ccc2ccccc21. The lowest BCUT2D eigenvalue weighted by atomic mass is 10.2. The van der Waals surface area contributed by atoms with E-state index in [0.29, 0.717) is 13.0 Å². The average molecular weight is 245 g/mol. The van der Waals surface area contributed by atoms with Gasteiger partial charge in [-0.25, -0.2) is 0 Å².